The average molecular weight is 262 g/mol. The molecule has 0 fully saturated rings. The van der Waals surface area contributed by atoms with Crippen molar-refractivity contribution in [2.45, 2.75) is 19.8 Å². The molecule has 0 spiro atoms. The zero-order chi connectivity index (χ0) is 14.0. The van der Waals surface area contributed by atoms with E-state index in [9.17, 15) is 0 Å². The van der Waals surface area contributed by atoms with Gasteiger partial charge in [0.2, 0.25) is 0 Å². The van der Waals surface area contributed by atoms with Crippen molar-refractivity contribution in [3.05, 3.63) is 23.9 Å². The third-order valence-electron chi connectivity index (χ3n) is 2.87. The van der Waals surface area contributed by atoms with Crippen LogP contribution in [0.25, 0.3) is 11.3 Å². The summed E-state index contributed by atoms with van der Waals surface area (Å²) in [6.07, 6.45) is 0. The van der Waals surface area contributed by atoms with Crippen LogP contribution in [0.5, 0.6) is 11.5 Å². The maximum Gasteiger partial charge on any atom is 0.292 e. The molecule has 0 saturated heterocycles. The van der Waals surface area contributed by atoms with Gasteiger partial charge in [-0.1, -0.05) is 13.8 Å². The van der Waals surface area contributed by atoms with Gasteiger partial charge < -0.3 is 19.6 Å². The third kappa shape index (κ3) is 2.50. The first kappa shape index (κ1) is 13.3. The van der Waals surface area contributed by atoms with Gasteiger partial charge in [0.1, 0.15) is 11.5 Å². The second-order valence-electron chi connectivity index (χ2n) is 4.49. The van der Waals surface area contributed by atoms with Crippen LogP contribution >= 0.6 is 0 Å². The zero-order valence-corrected chi connectivity index (χ0v) is 11.6. The van der Waals surface area contributed by atoms with Crippen molar-refractivity contribution in [2.75, 3.05) is 20.0 Å². The Balaban J connectivity index is 2.62. The van der Waals surface area contributed by atoms with E-state index in [2.05, 4.69) is 4.98 Å². The van der Waals surface area contributed by atoms with Crippen molar-refractivity contribution in [3.8, 4) is 22.8 Å². The number of methoxy groups -OCH3 is 2. The lowest BCUT2D eigenvalue weighted by Gasteiger charge is -2.10. The van der Waals surface area contributed by atoms with Gasteiger partial charge in [-0.25, -0.2) is 0 Å². The van der Waals surface area contributed by atoms with Gasteiger partial charge in [0.05, 0.1) is 25.5 Å². The molecule has 5 nitrogen and oxygen atoms in total. The molecule has 2 aromatic rings. The quantitative estimate of drug-likeness (QED) is 0.916. The van der Waals surface area contributed by atoms with Crippen molar-refractivity contribution in [1.82, 2.24) is 4.98 Å². The van der Waals surface area contributed by atoms with Crippen LogP contribution in [0.2, 0.25) is 0 Å². The molecule has 2 rings (SSSR count). The second kappa shape index (κ2) is 5.22. The van der Waals surface area contributed by atoms with Gasteiger partial charge in [-0.2, -0.15) is 4.98 Å². The van der Waals surface area contributed by atoms with Gasteiger partial charge in [-0.05, 0) is 24.1 Å². The molecule has 19 heavy (non-hydrogen) atoms. The fourth-order valence-electron chi connectivity index (χ4n) is 1.92. The van der Waals surface area contributed by atoms with Crippen LogP contribution in [0.1, 0.15) is 25.5 Å². The van der Waals surface area contributed by atoms with E-state index in [0.29, 0.717) is 11.5 Å². The predicted molar refractivity (Wildman–Crippen MR) is 73.5 cm³/mol. The molecule has 0 bridgehead atoms. The third-order valence-corrected chi connectivity index (χ3v) is 2.87. The minimum atomic E-state index is 0.156. The number of oxazole rings is 1. The molecule has 1 heterocycles. The Kier molecular flexibility index (Phi) is 3.64. The smallest absolute Gasteiger partial charge is 0.292 e. The minimum Gasteiger partial charge on any atom is -0.497 e. The summed E-state index contributed by atoms with van der Waals surface area (Å²) in [4.78, 5) is 4.23. The molecule has 0 aliphatic rings. The molecule has 0 radical (unpaired) electrons. The first-order valence-corrected chi connectivity index (χ1v) is 6.05. The van der Waals surface area contributed by atoms with Crippen LogP contribution < -0.4 is 15.2 Å². The summed E-state index contributed by atoms with van der Waals surface area (Å²) in [6, 6.07) is 5.67. The Morgan fingerprint density at radius 1 is 1.21 bits per heavy atom. The number of nitrogens with two attached hydrogens (primary N) is 1. The SMILES string of the molecule is COc1ccc(OC)c(-c2oc(N)nc2C(C)C)c1. The number of hydrogen-bond acceptors (Lipinski definition) is 5. The summed E-state index contributed by atoms with van der Waals surface area (Å²) in [5, 5.41) is 0. The maximum atomic E-state index is 5.67. The number of hydrogen-bond donors (Lipinski definition) is 1. The summed E-state index contributed by atoms with van der Waals surface area (Å²) in [5.41, 5.74) is 7.26. The normalized spacial score (nSPS) is 10.8. The van der Waals surface area contributed by atoms with Gasteiger partial charge in [0, 0.05) is 0 Å². The first-order chi connectivity index (χ1) is 9.06. The number of nitrogens with zero attached hydrogens (tertiary/aromatic N) is 1. The van der Waals surface area contributed by atoms with Crippen molar-refractivity contribution in [1.29, 1.82) is 0 Å². The molecule has 1 aromatic heterocycles. The summed E-state index contributed by atoms with van der Waals surface area (Å²) >= 11 is 0. The highest BCUT2D eigenvalue weighted by atomic mass is 16.5. The molecular weight excluding hydrogens is 244 g/mol. The molecule has 1 aromatic carbocycles. The molecule has 0 saturated carbocycles. The summed E-state index contributed by atoms with van der Waals surface area (Å²) < 4.78 is 16.1. The lowest BCUT2D eigenvalue weighted by atomic mass is 10.0. The van der Waals surface area contributed by atoms with E-state index >= 15 is 0 Å². The highest BCUT2D eigenvalue weighted by Gasteiger charge is 2.20. The molecule has 5 heteroatoms. The average Bonchev–Trinajstić information content (AvgIpc) is 2.80. The number of nitrogen functional groups attached to an aromatic ring is 1. The van der Waals surface area contributed by atoms with E-state index in [1.54, 1.807) is 14.2 Å². The molecule has 0 aliphatic carbocycles. The van der Waals surface area contributed by atoms with E-state index in [1.165, 1.54) is 0 Å². The van der Waals surface area contributed by atoms with E-state index in [0.717, 1.165) is 17.0 Å². The van der Waals surface area contributed by atoms with E-state index < -0.39 is 0 Å². The highest BCUT2D eigenvalue weighted by molar-refractivity contribution is 5.70. The van der Waals surface area contributed by atoms with Crippen LogP contribution in [-0.2, 0) is 0 Å². The topological polar surface area (TPSA) is 70.5 Å². The first-order valence-electron chi connectivity index (χ1n) is 6.05. The van der Waals surface area contributed by atoms with Gasteiger partial charge in [-0.15, -0.1) is 0 Å². The summed E-state index contributed by atoms with van der Waals surface area (Å²) in [7, 11) is 3.23. The van der Waals surface area contributed by atoms with Gasteiger partial charge in [-0.3, -0.25) is 0 Å². The molecule has 102 valence electrons. The van der Waals surface area contributed by atoms with Crippen molar-refractivity contribution in [3.63, 3.8) is 0 Å². The van der Waals surface area contributed by atoms with Crippen LogP contribution in [0.15, 0.2) is 22.6 Å². The number of anilines is 1. The number of ether oxygens (including phenoxy) is 2. The van der Waals surface area contributed by atoms with E-state index in [-0.39, 0.29) is 11.9 Å². The zero-order valence-electron chi connectivity index (χ0n) is 11.6. The molecular formula is C14H18N2O3. The summed E-state index contributed by atoms with van der Waals surface area (Å²) in [6.45, 7) is 4.07. The van der Waals surface area contributed by atoms with Crippen LogP contribution in [0.3, 0.4) is 0 Å². The standard InChI is InChI=1S/C14H18N2O3/c1-8(2)12-13(19-14(15)16-12)10-7-9(17-3)5-6-11(10)18-4/h5-8H,1-4H3,(H2,15,16). The Hall–Kier alpha value is -2.17. The highest BCUT2D eigenvalue weighted by Crippen LogP contribution is 2.38. The van der Waals surface area contributed by atoms with Gasteiger partial charge in [0.25, 0.3) is 6.01 Å². The molecule has 0 amide bonds. The van der Waals surface area contributed by atoms with Crippen LogP contribution in [-0.4, -0.2) is 19.2 Å². The molecule has 0 unspecified atom stereocenters. The maximum absolute atomic E-state index is 5.67. The minimum absolute atomic E-state index is 0.156. The summed E-state index contributed by atoms with van der Waals surface area (Å²) in [5.74, 6) is 2.24. The lowest BCUT2D eigenvalue weighted by molar-refractivity contribution is 0.403. The Labute approximate surface area is 112 Å². The molecule has 0 aliphatic heterocycles. The van der Waals surface area contributed by atoms with Crippen molar-refractivity contribution >= 4 is 6.01 Å². The Morgan fingerprint density at radius 3 is 2.53 bits per heavy atom. The number of rotatable bonds is 4. The van der Waals surface area contributed by atoms with Gasteiger partial charge >= 0.3 is 0 Å². The number of aromatic nitrogens is 1. The predicted octanol–water partition coefficient (Wildman–Crippen LogP) is 3.06. The molecule has 0 atom stereocenters. The second-order valence-corrected chi connectivity index (χ2v) is 4.49. The Bertz CT molecular complexity index is 576. The fourth-order valence-corrected chi connectivity index (χ4v) is 1.92. The Morgan fingerprint density at radius 2 is 1.95 bits per heavy atom. The van der Waals surface area contributed by atoms with E-state index in [1.807, 2.05) is 32.0 Å². The van der Waals surface area contributed by atoms with Crippen LogP contribution in [0.4, 0.5) is 6.01 Å². The number of benzene rings is 1. The van der Waals surface area contributed by atoms with E-state index in [4.69, 9.17) is 19.6 Å². The van der Waals surface area contributed by atoms with Crippen molar-refractivity contribution < 1.29 is 13.9 Å². The largest absolute Gasteiger partial charge is 0.497 e. The van der Waals surface area contributed by atoms with Crippen molar-refractivity contribution in [2.24, 2.45) is 0 Å². The van der Waals surface area contributed by atoms with Gasteiger partial charge in [0.15, 0.2) is 5.76 Å². The fraction of sp³-hybridized carbons (Fsp3) is 0.357. The van der Waals surface area contributed by atoms with Crippen LogP contribution in [0, 0.1) is 0 Å². The lowest BCUT2D eigenvalue weighted by Crippen LogP contribution is -1.94. The molecule has 2 N–H and O–H groups in total. The monoisotopic (exact) mass is 262 g/mol.